The smallest absolute Gasteiger partial charge is 0.248 e. The van der Waals surface area contributed by atoms with Crippen molar-refractivity contribution < 1.29 is 9.53 Å². The van der Waals surface area contributed by atoms with E-state index >= 15 is 0 Å². The molecule has 14 heavy (non-hydrogen) atoms. The highest BCUT2D eigenvalue weighted by atomic mass is 35.5. The minimum absolute atomic E-state index is 0.0988. The molecule has 4 heteroatoms. The molecule has 0 aliphatic carbocycles. The number of alkyl halides is 1. The van der Waals surface area contributed by atoms with Gasteiger partial charge in [-0.15, -0.1) is 11.6 Å². The third-order valence-electron chi connectivity index (χ3n) is 2.52. The van der Waals surface area contributed by atoms with Crippen molar-refractivity contribution in [3.8, 4) is 0 Å². The van der Waals surface area contributed by atoms with E-state index in [1.165, 1.54) is 0 Å². The fourth-order valence-corrected chi connectivity index (χ4v) is 1.95. The molecular formula is C10H18ClNO2. The third-order valence-corrected chi connectivity index (χ3v) is 2.96. The first-order valence-electron chi connectivity index (χ1n) is 5.19. The maximum Gasteiger partial charge on any atom is 0.248 e. The van der Waals surface area contributed by atoms with Gasteiger partial charge >= 0.3 is 0 Å². The van der Waals surface area contributed by atoms with Crippen LogP contribution in [0, 0.1) is 5.92 Å². The highest BCUT2D eigenvalue weighted by Crippen LogP contribution is 2.17. The number of carbonyl (C=O) groups is 1. The van der Waals surface area contributed by atoms with Crippen molar-refractivity contribution in [3.63, 3.8) is 0 Å². The largest absolute Gasteiger partial charge is 0.372 e. The van der Waals surface area contributed by atoms with Crippen molar-refractivity contribution in [2.45, 2.75) is 19.8 Å². The minimum Gasteiger partial charge on any atom is -0.372 e. The SMILES string of the molecule is CCOCC(=O)N1CCCC(CCl)C1. The van der Waals surface area contributed by atoms with Crippen LogP contribution in [-0.2, 0) is 9.53 Å². The average molecular weight is 220 g/mol. The van der Waals surface area contributed by atoms with Gasteiger partial charge in [0.25, 0.3) is 0 Å². The second kappa shape index (κ2) is 6.25. The predicted octanol–water partition coefficient (Wildman–Crippen LogP) is 1.50. The minimum atomic E-state index is 0.0988. The molecule has 1 aliphatic heterocycles. The van der Waals surface area contributed by atoms with Crippen LogP contribution < -0.4 is 0 Å². The fourth-order valence-electron chi connectivity index (χ4n) is 1.70. The lowest BCUT2D eigenvalue weighted by Crippen LogP contribution is -2.42. The number of halogens is 1. The Bertz CT molecular complexity index is 187. The van der Waals surface area contributed by atoms with Crippen molar-refractivity contribution in [3.05, 3.63) is 0 Å². The van der Waals surface area contributed by atoms with Crippen LogP contribution >= 0.6 is 11.6 Å². The van der Waals surface area contributed by atoms with Crippen LogP contribution in [0.3, 0.4) is 0 Å². The number of hydrogen-bond acceptors (Lipinski definition) is 2. The molecule has 0 aromatic rings. The molecule has 1 unspecified atom stereocenters. The molecular weight excluding hydrogens is 202 g/mol. The average Bonchev–Trinajstić information content (AvgIpc) is 2.26. The molecule has 82 valence electrons. The van der Waals surface area contributed by atoms with Crippen LogP contribution in [0.2, 0.25) is 0 Å². The van der Waals surface area contributed by atoms with Crippen molar-refractivity contribution in [2.24, 2.45) is 5.92 Å². The van der Waals surface area contributed by atoms with E-state index in [2.05, 4.69) is 0 Å². The van der Waals surface area contributed by atoms with Gasteiger partial charge in [-0.3, -0.25) is 4.79 Å². The van der Waals surface area contributed by atoms with Gasteiger partial charge in [-0.2, -0.15) is 0 Å². The molecule has 0 aromatic carbocycles. The Labute approximate surface area is 90.4 Å². The first kappa shape index (κ1) is 11.8. The summed E-state index contributed by atoms with van der Waals surface area (Å²) >= 11 is 5.79. The molecule has 0 N–H and O–H groups in total. The summed E-state index contributed by atoms with van der Waals surface area (Å²) in [5.74, 6) is 1.22. The van der Waals surface area contributed by atoms with Gasteiger partial charge in [0.1, 0.15) is 6.61 Å². The van der Waals surface area contributed by atoms with E-state index in [0.717, 1.165) is 25.9 Å². The van der Waals surface area contributed by atoms with Crippen molar-refractivity contribution in [1.82, 2.24) is 4.90 Å². The van der Waals surface area contributed by atoms with Crippen LogP contribution in [0.15, 0.2) is 0 Å². The second-order valence-electron chi connectivity index (χ2n) is 3.64. The fraction of sp³-hybridized carbons (Fsp3) is 0.900. The zero-order chi connectivity index (χ0) is 10.4. The summed E-state index contributed by atoms with van der Waals surface area (Å²) in [7, 11) is 0. The number of rotatable bonds is 4. The molecule has 0 radical (unpaired) electrons. The summed E-state index contributed by atoms with van der Waals surface area (Å²) in [4.78, 5) is 13.4. The molecule has 3 nitrogen and oxygen atoms in total. The van der Waals surface area contributed by atoms with E-state index in [1.807, 2.05) is 11.8 Å². The number of hydrogen-bond donors (Lipinski definition) is 0. The van der Waals surface area contributed by atoms with E-state index < -0.39 is 0 Å². The van der Waals surface area contributed by atoms with E-state index in [9.17, 15) is 4.79 Å². The van der Waals surface area contributed by atoms with Crippen molar-refractivity contribution in [1.29, 1.82) is 0 Å². The third kappa shape index (κ3) is 3.46. The Morgan fingerprint density at radius 2 is 2.43 bits per heavy atom. The molecule has 0 aromatic heterocycles. The summed E-state index contributed by atoms with van der Waals surface area (Å²) in [6.07, 6.45) is 2.21. The summed E-state index contributed by atoms with van der Waals surface area (Å²) < 4.78 is 5.09. The quantitative estimate of drug-likeness (QED) is 0.671. The topological polar surface area (TPSA) is 29.5 Å². The van der Waals surface area contributed by atoms with Crippen molar-refractivity contribution >= 4 is 17.5 Å². The number of amides is 1. The lowest BCUT2D eigenvalue weighted by Gasteiger charge is -2.31. The van der Waals surface area contributed by atoms with Gasteiger partial charge in [0.2, 0.25) is 5.91 Å². The Balaban J connectivity index is 2.31. The van der Waals surface area contributed by atoms with Crippen LogP contribution in [0.1, 0.15) is 19.8 Å². The summed E-state index contributed by atoms with van der Waals surface area (Å²) in [5, 5.41) is 0. The standard InChI is InChI=1S/C10H18ClNO2/c1-2-14-8-10(13)12-5-3-4-9(6-11)7-12/h9H,2-8H2,1H3. The van der Waals surface area contributed by atoms with Gasteiger partial charge in [0.15, 0.2) is 0 Å². The monoisotopic (exact) mass is 219 g/mol. The number of likely N-dealkylation sites (tertiary alicyclic amines) is 1. The molecule has 1 aliphatic rings. The summed E-state index contributed by atoms with van der Waals surface area (Å²) in [6, 6.07) is 0. The molecule has 1 amide bonds. The van der Waals surface area contributed by atoms with Gasteiger partial charge in [0, 0.05) is 25.6 Å². The first-order chi connectivity index (χ1) is 6.77. The van der Waals surface area contributed by atoms with Crippen molar-refractivity contribution in [2.75, 3.05) is 32.2 Å². The van der Waals surface area contributed by atoms with Gasteiger partial charge < -0.3 is 9.64 Å². The molecule has 0 spiro atoms. The van der Waals surface area contributed by atoms with Crippen LogP contribution in [0.4, 0.5) is 0 Å². The zero-order valence-corrected chi connectivity index (χ0v) is 9.42. The van der Waals surface area contributed by atoms with E-state index in [-0.39, 0.29) is 12.5 Å². The Kier molecular flexibility index (Phi) is 5.26. The molecule has 0 bridgehead atoms. The summed E-state index contributed by atoms with van der Waals surface area (Å²) in [6.45, 7) is 4.36. The molecule has 1 rings (SSSR count). The molecule has 1 saturated heterocycles. The predicted molar refractivity (Wildman–Crippen MR) is 56.5 cm³/mol. The maximum atomic E-state index is 11.6. The zero-order valence-electron chi connectivity index (χ0n) is 8.67. The van der Waals surface area contributed by atoms with E-state index in [1.54, 1.807) is 0 Å². The number of carbonyl (C=O) groups excluding carboxylic acids is 1. The molecule has 1 atom stereocenters. The van der Waals surface area contributed by atoms with Gasteiger partial charge in [-0.1, -0.05) is 0 Å². The molecule has 1 fully saturated rings. The highest BCUT2D eigenvalue weighted by Gasteiger charge is 2.22. The van der Waals surface area contributed by atoms with E-state index in [0.29, 0.717) is 18.4 Å². The molecule has 0 saturated carbocycles. The normalized spacial score (nSPS) is 22.4. The lowest BCUT2D eigenvalue weighted by atomic mass is 10.0. The van der Waals surface area contributed by atoms with Gasteiger partial charge in [-0.25, -0.2) is 0 Å². The van der Waals surface area contributed by atoms with Crippen LogP contribution in [-0.4, -0.2) is 43.0 Å². The molecule has 1 heterocycles. The number of piperidine rings is 1. The Hall–Kier alpha value is -0.280. The van der Waals surface area contributed by atoms with Crippen LogP contribution in [0.25, 0.3) is 0 Å². The maximum absolute atomic E-state index is 11.6. The number of nitrogens with zero attached hydrogens (tertiary/aromatic N) is 1. The number of ether oxygens (including phenoxy) is 1. The van der Waals surface area contributed by atoms with Gasteiger partial charge in [-0.05, 0) is 25.7 Å². The summed E-state index contributed by atoms with van der Waals surface area (Å²) in [5.41, 5.74) is 0. The van der Waals surface area contributed by atoms with Crippen LogP contribution in [0.5, 0.6) is 0 Å². The second-order valence-corrected chi connectivity index (χ2v) is 3.95. The van der Waals surface area contributed by atoms with E-state index in [4.69, 9.17) is 16.3 Å². The Morgan fingerprint density at radius 3 is 3.07 bits per heavy atom. The van der Waals surface area contributed by atoms with Gasteiger partial charge in [0.05, 0.1) is 0 Å². The highest BCUT2D eigenvalue weighted by molar-refractivity contribution is 6.18. The lowest BCUT2D eigenvalue weighted by molar-refractivity contribution is -0.137. The Morgan fingerprint density at radius 1 is 1.64 bits per heavy atom. The first-order valence-corrected chi connectivity index (χ1v) is 5.72.